The molecule has 1 N–H and O–H groups in total. The molecule has 1 unspecified atom stereocenters. The summed E-state index contributed by atoms with van der Waals surface area (Å²) in [5.74, 6) is 0.757. The molecule has 15 heavy (non-hydrogen) atoms. The zero-order chi connectivity index (χ0) is 11.1. The molecule has 0 aliphatic rings. The first-order chi connectivity index (χ1) is 7.27. The van der Waals surface area contributed by atoms with Crippen molar-refractivity contribution in [2.45, 2.75) is 39.8 Å². The number of rotatable bonds is 6. The average molecular weight is 208 g/mol. The topological polar surface area (TPSA) is 34.2 Å². The second-order valence-electron chi connectivity index (χ2n) is 3.58. The van der Waals surface area contributed by atoms with Crippen LogP contribution in [-0.2, 0) is 6.54 Å². The van der Waals surface area contributed by atoms with Gasteiger partial charge in [-0.05, 0) is 26.0 Å². The maximum absolute atomic E-state index is 5.74. The van der Waals surface area contributed by atoms with E-state index >= 15 is 0 Å². The van der Waals surface area contributed by atoms with Gasteiger partial charge in [0.15, 0.2) is 0 Å². The van der Waals surface area contributed by atoms with E-state index in [1.54, 1.807) is 6.20 Å². The van der Waals surface area contributed by atoms with Gasteiger partial charge in [-0.1, -0.05) is 19.9 Å². The Balaban J connectivity index is 2.67. The molecule has 0 aliphatic carbocycles. The summed E-state index contributed by atoms with van der Waals surface area (Å²) in [7, 11) is 0. The van der Waals surface area contributed by atoms with E-state index in [-0.39, 0.29) is 6.10 Å². The number of hydrogen-bond donors (Lipinski definition) is 1. The van der Waals surface area contributed by atoms with E-state index in [4.69, 9.17) is 4.74 Å². The van der Waals surface area contributed by atoms with Gasteiger partial charge < -0.3 is 10.1 Å². The molecule has 1 atom stereocenters. The molecule has 0 bridgehead atoms. The van der Waals surface area contributed by atoms with Gasteiger partial charge in [-0.2, -0.15) is 0 Å². The minimum atomic E-state index is 0.222. The Kier molecular flexibility index (Phi) is 5.12. The van der Waals surface area contributed by atoms with Crippen LogP contribution in [0.1, 0.15) is 32.8 Å². The van der Waals surface area contributed by atoms with Crippen LogP contribution in [0.15, 0.2) is 18.3 Å². The molecule has 0 saturated heterocycles. The molecule has 3 nitrogen and oxygen atoms in total. The Labute approximate surface area is 91.9 Å². The van der Waals surface area contributed by atoms with Gasteiger partial charge in [0.25, 0.3) is 0 Å². The van der Waals surface area contributed by atoms with Gasteiger partial charge in [0.05, 0.1) is 6.10 Å². The molecule has 0 aromatic carbocycles. The Hall–Kier alpha value is -1.09. The van der Waals surface area contributed by atoms with Gasteiger partial charge in [-0.25, -0.2) is 4.98 Å². The van der Waals surface area contributed by atoms with Crippen molar-refractivity contribution in [3.8, 4) is 5.88 Å². The number of hydrogen-bond acceptors (Lipinski definition) is 3. The third kappa shape index (κ3) is 3.88. The van der Waals surface area contributed by atoms with Gasteiger partial charge in [0, 0.05) is 18.3 Å². The zero-order valence-electron chi connectivity index (χ0n) is 9.79. The molecule has 0 saturated carbocycles. The van der Waals surface area contributed by atoms with Crippen LogP contribution >= 0.6 is 0 Å². The van der Waals surface area contributed by atoms with Crippen molar-refractivity contribution in [3.63, 3.8) is 0 Å². The Morgan fingerprint density at radius 2 is 2.27 bits per heavy atom. The first-order valence-corrected chi connectivity index (χ1v) is 5.59. The van der Waals surface area contributed by atoms with E-state index in [2.05, 4.69) is 31.1 Å². The lowest BCUT2D eigenvalue weighted by Crippen LogP contribution is -2.16. The van der Waals surface area contributed by atoms with Crippen LogP contribution in [0.5, 0.6) is 5.88 Å². The molecule has 1 aromatic rings. The van der Waals surface area contributed by atoms with Gasteiger partial charge in [-0.3, -0.25) is 0 Å². The van der Waals surface area contributed by atoms with Gasteiger partial charge in [-0.15, -0.1) is 0 Å². The second-order valence-corrected chi connectivity index (χ2v) is 3.58. The third-order valence-electron chi connectivity index (χ3n) is 2.30. The van der Waals surface area contributed by atoms with E-state index in [9.17, 15) is 0 Å². The Morgan fingerprint density at radius 3 is 2.93 bits per heavy atom. The fraction of sp³-hybridized carbons (Fsp3) is 0.583. The molecule has 1 aromatic heterocycles. The highest BCUT2D eigenvalue weighted by Crippen LogP contribution is 2.16. The predicted octanol–water partition coefficient (Wildman–Crippen LogP) is 2.37. The summed E-state index contributed by atoms with van der Waals surface area (Å²) in [6.45, 7) is 8.03. The molecule has 0 radical (unpaired) electrons. The smallest absolute Gasteiger partial charge is 0.218 e. The number of aromatic nitrogens is 1. The van der Waals surface area contributed by atoms with Gasteiger partial charge >= 0.3 is 0 Å². The maximum atomic E-state index is 5.74. The standard InChI is InChI=1S/C12H20N2O/c1-4-10(3)15-12-11(9-13-5-2)7-6-8-14-12/h6-8,10,13H,4-5,9H2,1-3H3. The van der Waals surface area contributed by atoms with Crippen LogP contribution in [0, 0.1) is 0 Å². The fourth-order valence-electron chi connectivity index (χ4n) is 1.20. The number of ether oxygens (including phenoxy) is 1. The summed E-state index contributed by atoms with van der Waals surface area (Å²) >= 11 is 0. The lowest BCUT2D eigenvalue weighted by atomic mass is 10.2. The van der Waals surface area contributed by atoms with Crippen LogP contribution in [0.3, 0.4) is 0 Å². The van der Waals surface area contributed by atoms with Crippen molar-refractivity contribution in [1.29, 1.82) is 0 Å². The monoisotopic (exact) mass is 208 g/mol. The normalized spacial score (nSPS) is 12.5. The van der Waals surface area contributed by atoms with E-state index in [0.717, 1.165) is 31.0 Å². The van der Waals surface area contributed by atoms with E-state index in [0.29, 0.717) is 0 Å². The van der Waals surface area contributed by atoms with Crippen LogP contribution in [-0.4, -0.2) is 17.6 Å². The lowest BCUT2D eigenvalue weighted by Gasteiger charge is -2.14. The summed E-state index contributed by atoms with van der Waals surface area (Å²) in [6, 6.07) is 3.99. The Bertz CT molecular complexity index is 289. The Morgan fingerprint density at radius 1 is 1.47 bits per heavy atom. The molecule has 1 rings (SSSR count). The second kappa shape index (κ2) is 6.40. The van der Waals surface area contributed by atoms with E-state index in [1.807, 2.05) is 12.1 Å². The molecule has 0 amide bonds. The van der Waals surface area contributed by atoms with Gasteiger partial charge in [0.2, 0.25) is 5.88 Å². The summed E-state index contributed by atoms with van der Waals surface area (Å²) in [6.07, 6.45) is 2.99. The third-order valence-corrected chi connectivity index (χ3v) is 2.30. The molecule has 0 spiro atoms. The molecule has 3 heteroatoms. The predicted molar refractivity (Wildman–Crippen MR) is 62.0 cm³/mol. The molecular weight excluding hydrogens is 188 g/mol. The number of nitrogens with zero attached hydrogens (tertiary/aromatic N) is 1. The number of pyridine rings is 1. The lowest BCUT2D eigenvalue weighted by molar-refractivity contribution is 0.206. The summed E-state index contributed by atoms with van der Waals surface area (Å²) in [5.41, 5.74) is 1.12. The first-order valence-electron chi connectivity index (χ1n) is 5.59. The fourth-order valence-corrected chi connectivity index (χ4v) is 1.20. The average Bonchev–Trinajstić information content (AvgIpc) is 2.28. The first kappa shape index (κ1) is 12.0. The molecule has 84 valence electrons. The SMILES string of the molecule is CCNCc1cccnc1OC(C)CC. The highest BCUT2D eigenvalue weighted by atomic mass is 16.5. The molecule has 1 heterocycles. The minimum Gasteiger partial charge on any atom is -0.474 e. The summed E-state index contributed by atoms with van der Waals surface area (Å²) in [5, 5.41) is 3.28. The van der Waals surface area contributed by atoms with Crippen molar-refractivity contribution in [3.05, 3.63) is 23.9 Å². The summed E-state index contributed by atoms with van der Waals surface area (Å²) < 4.78 is 5.74. The molecule has 0 aliphatic heterocycles. The van der Waals surface area contributed by atoms with E-state index in [1.165, 1.54) is 0 Å². The number of nitrogens with one attached hydrogen (secondary N) is 1. The van der Waals surface area contributed by atoms with Crippen molar-refractivity contribution < 1.29 is 4.74 Å². The van der Waals surface area contributed by atoms with Gasteiger partial charge in [0.1, 0.15) is 0 Å². The van der Waals surface area contributed by atoms with Crippen LogP contribution < -0.4 is 10.1 Å². The van der Waals surface area contributed by atoms with E-state index < -0.39 is 0 Å². The highest BCUT2D eigenvalue weighted by Gasteiger charge is 2.07. The van der Waals surface area contributed by atoms with Crippen molar-refractivity contribution in [2.24, 2.45) is 0 Å². The summed E-state index contributed by atoms with van der Waals surface area (Å²) in [4.78, 5) is 4.26. The zero-order valence-corrected chi connectivity index (χ0v) is 9.79. The molecule has 0 fully saturated rings. The van der Waals surface area contributed by atoms with Crippen LogP contribution in [0.25, 0.3) is 0 Å². The van der Waals surface area contributed by atoms with Crippen molar-refractivity contribution in [1.82, 2.24) is 10.3 Å². The highest BCUT2D eigenvalue weighted by molar-refractivity contribution is 5.25. The minimum absolute atomic E-state index is 0.222. The maximum Gasteiger partial charge on any atom is 0.218 e. The van der Waals surface area contributed by atoms with Crippen LogP contribution in [0.4, 0.5) is 0 Å². The molecular formula is C12H20N2O. The largest absolute Gasteiger partial charge is 0.474 e. The van der Waals surface area contributed by atoms with Crippen LogP contribution in [0.2, 0.25) is 0 Å². The van der Waals surface area contributed by atoms with Crippen molar-refractivity contribution in [2.75, 3.05) is 6.54 Å². The van der Waals surface area contributed by atoms with Crippen molar-refractivity contribution >= 4 is 0 Å². The quantitative estimate of drug-likeness (QED) is 0.779.